The summed E-state index contributed by atoms with van der Waals surface area (Å²) in [7, 11) is 0. The molecule has 0 atom stereocenters. The predicted octanol–water partition coefficient (Wildman–Crippen LogP) is 1.20. The quantitative estimate of drug-likeness (QED) is 0.853. The van der Waals surface area contributed by atoms with E-state index < -0.39 is 0 Å². The van der Waals surface area contributed by atoms with E-state index in [1.54, 1.807) is 0 Å². The highest BCUT2D eigenvalue weighted by Gasteiger charge is 2.13. The van der Waals surface area contributed by atoms with E-state index in [2.05, 4.69) is 16.4 Å². The molecule has 0 aliphatic heterocycles. The first-order chi connectivity index (χ1) is 8.36. The molecule has 0 aliphatic rings. The van der Waals surface area contributed by atoms with Crippen LogP contribution in [0.25, 0.3) is 11.3 Å². The molecule has 2 aromatic rings. The summed E-state index contributed by atoms with van der Waals surface area (Å²) in [6.45, 7) is 0.574. The van der Waals surface area contributed by atoms with Gasteiger partial charge in [0, 0.05) is 18.7 Å². The standard InChI is InChI=1S/C12H12N4O/c13-9-11-12(10-5-2-1-3-6-10)14-15-16(11)7-4-8-17/h1-3,5-6,17H,4,7-8H2. The van der Waals surface area contributed by atoms with Gasteiger partial charge in [-0.3, -0.25) is 0 Å². The van der Waals surface area contributed by atoms with Crippen LogP contribution in [0.5, 0.6) is 0 Å². The third-order valence-electron chi connectivity index (χ3n) is 2.42. The number of aryl methyl sites for hydroxylation is 1. The Morgan fingerprint density at radius 3 is 2.71 bits per heavy atom. The summed E-state index contributed by atoms with van der Waals surface area (Å²) in [5.41, 5.74) is 1.90. The maximum Gasteiger partial charge on any atom is 0.166 e. The van der Waals surface area contributed by atoms with Crippen molar-refractivity contribution >= 4 is 0 Å². The van der Waals surface area contributed by atoms with Crippen LogP contribution in [0.1, 0.15) is 12.1 Å². The molecule has 1 heterocycles. The van der Waals surface area contributed by atoms with Gasteiger partial charge in [0.1, 0.15) is 11.8 Å². The van der Waals surface area contributed by atoms with E-state index in [-0.39, 0.29) is 6.61 Å². The summed E-state index contributed by atoms with van der Waals surface area (Å²) < 4.78 is 1.53. The second kappa shape index (κ2) is 5.23. The molecular weight excluding hydrogens is 216 g/mol. The molecule has 0 unspecified atom stereocenters. The monoisotopic (exact) mass is 228 g/mol. The lowest BCUT2D eigenvalue weighted by Crippen LogP contribution is -2.04. The van der Waals surface area contributed by atoms with Crippen LogP contribution in [-0.2, 0) is 6.54 Å². The molecule has 5 nitrogen and oxygen atoms in total. The zero-order chi connectivity index (χ0) is 12.1. The fraction of sp³-hybridized carbons (Fsp3) is 0.250. The molecular formula is C12H12N4O. The Hall–Kier alpha value is -2.19. The number of nitriles is 1. The van der Waals surface area contributed by atoms with Crippen molar-refractivity contribution in [2.75, 3.05) is 6.61 Å². The van der Waals surface area contributed by atoms with Crippen molar-refractivity contribution in [3.8, 4) is 17.3 Å². The topological polar surface area (TPSA) is 74.7 Å². The summed E-state index contributed by atoms with van der Waals surface area (Å²) in [6, 6.07) is 11.6. The molecule has 5 heteroatoms. The Morgan fingerprint density at radius 2 is 2.06 bits per heavy atom. The van der Waals surface area contributed by atoms with Crippen molar-refractivity contribution in [1.29, 1.82) is 5.26 Å². The lowest BCUT2D eigenvalue weighted by atomic mass is 10.1. The summed E-state index contributed by atoms with van der Waals surface area (Å²) in [6.07, 6.45) is 0.562. The number of hydrogen-bond acceptors (Lipinski definition) is 4. The second-order valence-corrected chi connectivity index (χ2v) is 3.56. The first-order valence-corrected chi connectivity index (χ1v) is 5.36. The van der Waals surface area contributed by atoms with Crippen molar-refractivity contribution < 1.29 is 5.11 Å². The molecule has 0 bridgehead atoms. The molecule has 0 saturated carbocycles. The maximum atomic E-state index is 9.14. The van der Waals surface area contributed by atoms with Crippen LogP contribution in [0.3, 0.4) is 0 Å². The zero-order valence-electron chi connectivity index (χ0n) is 9.24. The maximum absolute atomic E-state index is 9.14. The summed E-state index contributed by atoms with van der Waals surface area (Å²) in [4.78, 5) is 0. The van der Waals surface area contributed by atoms with E-state index in [0.717, 1.165) is 5.56 Å². The van der Waals surface area contributed by atoms with Crippen molar-refractivity contribution in [3.63, 3.8) is 0 Å². The highest BCUT2D eigenvalue weighted by molar-refractivity contribution is 5.64. The van der Waals surface area contributed by atoms with Gasteiger partial charge in [0.05, 0.1) is 0 Å². The fourth-order valence-electron chi connectivity index (χ4n) is 1.59. The lowest BCUT2D eigenvalue weighted by Gasteiger charge is -2.00. The smallest absolute Gasteiger partial charge is 0.166 e. The number of rotatable bonds is 4. The number of benzene rings is 1. The minimum atomic E-state index is 0.0748. The molecule has 2 rings (SSSR count). The van der Waals surface area contributed by atoms with E-state index >= 15 is 0 Å². The Kier molecular flexibility index (Phi) is 3.48. The molecule has 0 fully saturated rings. The van der Waals surface area contributed by atoms with E-state index in [1.807, 2.05) is 30.3 Å². The van der Waals surface area contributed by atoms with E-state index in [0.29, 0.717) is 24.4 Å². The predicted molar refractivity (Wildman–Crippen MR) is 61.9 cm³/mol. The van der Waals surface area contributed by atoms with Gasteiger partial charge in [0.2, 0.25) is 0 Å². The molecule has 1 N–H and O–H groups in total. The molecule has 0 aliphatic carbocycles. The third-order valence-corrected chi connectivity index (χ3v) is 2.42. The molecule has 1 aromatic carbocycles. The number of aliphatic hydroxyl groups is 1. The van der Waals surface area contributed by atoms with Gasteiger partial charge in [-0.1, -0.05) is 35.5 Å². The number of hydrogen-bond donors (Lipinski definition) is 1. The van der Waals surface area contributed by atoms with Crippen LogP contribution in [-0.4, -0.2) is 26.7 Å². The van der Waals surface area contributed by atoms with Gasteiger partial charge in [-0.25, -0.2) is 4.68 Å². The summed E-state index contributed by atoms with van der Waals surface area (Å²) >= 11 is 0. The largest absolute Gasteiger partial charge is 0.396 e. The fourth-order valence-corrected chi connectivity index (χ4v) is 1.59. The number of aromatic nitrogens is 3. The highest BCUT2D eigenvalue weighted by atomic mass is 16.3. The van der Waals surface area contributed by atoms with E-state index in [9.17, 15) is 0 Å². The van der Waals surface area contributed by atoms with Crippen LogP contribution >= 0.6 is 0 Å². The van der Waals surface area contributed by atoms with E-state index in [4.69, 9.17) is 10.4 Å². The SMILES string of the molecule is N#Cc1c(-c2ccccc2)nnn1CCCO. The minimum Gasteiger partial charge on any atom is -0.396 e. The average Bonchev–Trinajstić information content (AvgIpc) is 2.80. The van der Waals surface area contributed by atoms with Crippen LogP contribution in [0, 0.1) is 11.3 Å². The molecule has 1 aromatic heterocycles. The lowest BCUT2D eigenvalue weighted by molar-refractivity contribution is 0.276. The number of nitrogens with zero attached hydrogens (tertiary/aromatic N) is 4. The van der Waals surface area contributed by atoms with Crippen molar-refractivity contribution in [2.45, 2.75) is 13.0 Å². The van der Waals surface area contributed by atoms with Crippen molar-refractivity contribution in [2.24, 2.45) is 0 Å². The van der Waals surface area contributed by atoms with Gasteiger partial charge in [0.25, 0.3) is 0 Å². The van der Waals surface area contributed by atoms with Crippen LogP contribution in [0.2, 0.25) is 0 Å². The normalized spacial score (nSPS) is 10.1. The molecule has 0 spiro atoms. The van der Waals surface area contributed by atoms with Gasteiger partial charge in [-0.05, 0) is 6.42 Å². The van der Waals surface area contributed by atoms with Gasteiger partial charge < -0.3 is 5.11 Å². The Labute approximate surface area is 98.9 Å². The molecule has 0 radical (unpaired) electrons. The number of aliphatic hydroxyl groups excluding tert-OH is 1. The van der Waals surface area contributed by atoms with Gasteiger partial charge >= 0.3 is 0 Å². The minimum absolute atomic E-state index is 0.0748. The van der Waals surface area contributed by atoms with Crippen molar-refractivity contribution in [1.82, 2.24) is 15.0 Å². The first-order valence-electron chi connectivity index (χ1n) is 5.36. The summed E-state index contributed by atoms with van der Waals surface area (Å²) in [5.74, 6) is 0. The third kappa shape index (κ3) is 2.32. The van der Waals surface area contributed by atoms with Crippen LogP contribution in [0.4, 0.5) is 0 Å². The zero-order valence-corrected chi connectivity index (χ0v) is 9.24. The molecule has 0 saturated heterocycles. The second-order valence-electron chi connectivity index (χ2n) is 3.56. The highest BCUT2D eigenvalue weighted by Crippen LogP contribution is 2.19. The van der Waals surface area contributed by atoms with E-state index in [1.165, 1.54) is 4.68 Å². The Morgan fingerprint density at radius 1 is 1.29 bits per heavy atom. The summed E-state index contributed by atoms with van der Waals surface area (Å²) in [5, 5.41) is 25.9. The molecule has 17 heavy (non-hydrogen) atoms. The molecule has 86 valence electrons. The van der Waals surface area contributed by atoms with Gasteiger partial charge in [0.15, 0.2) is 5.69 Å². The van der Waals surface area contributed by atoms with Gasteiger partial charge in [-0.2, -0.15) is 5.26 Å². The van der Waals surface area contributed by atoms with Crippen molar-refractivity contribution in [3.05, 3.63) is 36.0 Å². The first kappa shape index (κ1) is 11.3. The Bertz CT molecular complexity index is 527. The van der Waals surface area contributed by atoms with Gasteiger partial charge in [-0.15, -0.1) is 5.10 Å². The van der Waals surface area contributed by atoms with Crippen LogP contribution < -0.4 is 0 Å². The molecule has 0 amide bonds. The average molecular weight is 228 g/mol. The van der Waals surface area contributed by atoms with Crippen LogP contribution in [0.15, 0.2) is 30.3 Å². The Balaban J connectivity index is 2.37.